The molecule has 0 atom stereocenters. The van der Waals surface area contributed by atoms with E-state index in [2.05, 4.69) is 5.92 Å². The molecule has 0 aromatic heterocycles. The zero-order chi connectivity index (χ0) is 10.6. The molecule has 0 heterocycles. The highest BCUT2D eigenvalue weighted by Crippen LogP contribution is 2.30. The lowest BCUT2D eigenvalue weighted by Gasteiger charge is -2.24. The second-order valence-corrected chi connectivity index (χ2v) is 3.88. The Hall–Kier alpha value is -0.660. The first-order valence-electron chi connectivity index (χ1n) is 4.81. The fourth-order valence-corrected chi connectivity index (χ4v) is 1.37. The number of nitrogens with two attached hydrogens (primary N) is 1. The molecule has 1 rings (SSSR count). The third-order valence-electron chi connectivity index (χ3n) is 2.28. The number of alkyl halides is 2. The van der Waals surface area contributed by atoms with Crippen molar-refractivity contribution in [1.82, 2.24) is 4.90 Å². The van der Waals surface area contributed by atoms with Crippen molar-refractivity contribution < 1.29 is 8.78 Å². The number of rotatable bonds is 6. The fourth-order valence-electron chi connectivity index (χ4n) is 1.37. The molecule has 0 aliphatic heterocycles. The highest BCUT2D eigenvalue weighted by Gasteiger charge is 2.32. The molecule has 2 N–H and O–H groups in total. The molecule has 2 nitrogen and oxygen atoms in total. The Morgan fingerprint density at radius 3 is 2.57 bits per heavy atom. The molecule has 0 spiro atoms. The van der Waals surface area contributed by atoms with Crippen LogP contribution in [0.1, 0.15) is 12.8 Å². The summed E-state index contributed by atoms with van der Waals surface area (Å²) in [6, 6.07) is 0. The van der Waals surface area contributed by atoms with E-state index in [4.69, 9.17) is 12.2 Å². The smallest absolute Gasteiger partial charge is 0.272 e. The molecule has 80 valence electrons. The summed E-state index contributed by atoms with van der Waals surface area (Å²) in [5.74, 6) is 0.152. The van der Waals surface area contributed by atoms with Gasteiger partial charge in [-0.1, -0.05) is 5.92 Å². The largest absolute Gasteiger partial charge is 0.325 e. The standard InChI is InChI=1S/C10H16F2N2/c1-2-5-14(6-9-3-4-9)8-10(11,12)7-13/h1,9H,3-8,13H2. The fraction of sp³-hybridized carbons (Fsp3) is 0.800. The lowest BCUT2D eigenvalue weighted by atomic mass is 10.2. The minimum Gasteiger partial charge on any atom is -0.325 e. The summed E-state index contributed by atoms with van der Waals surface area (Å²) >= 11 is 0. The molecule has 1 aliphatic rings. The van der Waals surface area contributed by atoms with Gasteiger partial charge in [-0.2, -0.15) is 0 Å². The van der Waals surface area contributed by atoms with Gasteiger partial charge in [0.15, 0.2) is 0 Å². The van der Waals surface area contributed by atoms with Gasteiger partial charge in [0.25, 0.3) is 5.92 Å². The average molecular weight is 202 g/mol. The highest BCUT2D eigenvalue weighted by molar-refractivity contribution is 4.91. The molecule has 0 amide bonds. The van der Waals surface area contributed by atoms with E-state index in [1.807, 2.05) is 0 Å². The average Bonchev–Trinajstić information content (AvgIpc) is 2.88. The van der Waals surface area contributed by atoms with Crippen LogP contribution < -0.4 is 5.73 Å². The van der Waals surface area contributed by atoms with Gasteiger partial charge in [-0.15, -0.1) is 6.42 Å². The summed E-state index contributed by atoms with van der Waals surface area (Å²) < 4.78 is 25.9. The first-order chi connectivity index (χ1) is 6.57. The minimum atomic E-state index is -2.81. The number of terminal acetylenes is 1. The van der Waals surface area contributed by atoms with E-state index < -0.39 is 12.5 Å². The van der Waals surface area contributed by atoms with E-state index in [1.165, 1.54) is 0 Å². The topological polar surface area (TPSA) is 29.3 Å². The molecule has 0 bridgehead atoms. The van der Waals surface area contributed by atoms with E-state index in [0.717, 1.165) is 12.8 Å². The van der Waals surface area contributed by atoms with Crippen LogP contribution in [0.15, 0.2) is 0 Å². The van der Waals surface area contributed by atoms with Crippen molar-refractivity contribution in [1.29, 1.82) is 0 Å². The van der Waals surface area contributed by atoms with Gasteiger partial charge in [-0.05, 0) is 18.8 Å². The predicted molar refractivity (Wildman–Crippen MR) is 52.0 cm³/mol. The first-order valence-corrected chi connectivity index (χ1v) is 4.81. The van der Waals surface area contributed by atoms with E-state index in [0.29, 0.717) is 12.5 Å². The van der Waals surface area contributed by atoms with Crippen LogP contribution in [0, 0.1) is 18.3 Å². The van der Waals surface area contributed by atoms with Gasteiger partial charge in [0.1, 0.15) is 0 Å². The maximum absolute atomic E-state index is 13.0. The molecular formula is C10H16F2N2. The number of hydrogen-bond acceptors (Lipinski definition) is 2. The van der Waals surface area contributed by atoms with Crippen molar-refractivity contribution in [3.63, 3.8) is 0 Å². The molecule has 0 radical (unpaired) electrons. The predicted octanol–water partition coefficient (Wildman–Crippen LogP) is 0.926. The zero-order valence-electron chi connectivity index (χ0n) is 8.18. The monoisotopic (exact) mass is 202 g/mol. The Kier molecular flexibility index (Phi) is 3.85. The van der Waals surface area contributed by atoms with Crippen molar-refractivity contribution >= 4 is 0 Å². The van der Waals surface area contributed by atoms with Gasteiger partial charge >= 0.3 is 0 Å². The normalized spacial score (nSPS) is 17.1. The Balaban J connectivity index is 2.37. The second-order valence-electron chi connectivity index (χ2n) is 3.88. The van der Waals surface area contributed by atoms with Crippen molar-refractivity contribution in [3.05, 3.63) is 0 Å². The Morgan fingerprint density at radius 2 is 2.14 bits per heavy atom. The quantitative estimate of drug-likeness (QED) is 0.649. The van der Waals surface area contributed by atoms with Gasteiger partial charge in [0.2, 0.25) is 0 Å². The van der Waals surface area contributed by atoms with E-state index in [-0.39, 0.29) is 13.1 Å². The van der Waals surface area contributed by atoms with Crippen LogP contribution in [0.25, 0.3) is 0 Å². The molecule has 0 aromatic rings. The number of hydrogen-bond donors (Lipinski definition) is 1. The third kappa shape index (κ3) is 4.03. The molecule has 0 saturated heterocycles. The molecule has 4 heteroatoms. The molecule has 1 aliphatic carbocycles. The van der Waals surface area contributed by atoms with E-state index in [9.17, 15) is 8.78 Å². The molecule has 0 aromatic carbocycles. The van der Waals surface area contributed by atoms with Gasteiger partial charge in [0.05, 0.1) is 19.6 Å². The van der Waals surface area contributed by atoms with Crippen LogP contribution in [0.4, 0.5) is 8.78 Å². The highest BCUT2D eigenvalue weighted by atomic mass is 19.3. The lowest BCUT2D eigenvalue weighted by Crippen LogP contribution is -2.42. The SMILES string of the molecule is C#CCN(CC1CC1)CC(F)(F)CN. The minimum absolute atomic E-state index is 0.284. The number of halogens is 2. The first kappa shape index (κ1) is 11.4. The van der Waals surface area contributed by atoms with Crippen molar-refractivity contribution in [3.8, 4) is 12.3 Å². The van der Waals surface area contributed by atoms with Crippen LogP contribution in [0.2, 0.25) is 0 Å². The number of nitrogens with zero attached hydrogens (tertiary/aromatic N) is 1. The van der Waals surface area contributed by atoms with Crippen molar-refractivity contribution in [2.45, 2.75) is 18.8 Å². The van der Waals surface area contributed by atoms with Crippen LogP contribution in [-0.2, 0) is 0 Å². The third-order valence-corrected chi connectivity index (χ3v) is 2.28. The lowest BCUT2D eigenvalue weighted by molar-refractivity contribution is -0.0213. The van der Waals surface area contributed by atoms with Gasteiger partial charge in [-0.25, -0.2) is 8.78 Å². The van der Waals surface area contributed by atoms with E-state index in [1.54, 1.807) is 4.90 Å². The van der Waals surface area contributed by atoms with Crippen LogP contribution in [0.3, 0.4) is 0 Å². The van der Waals surface area contributed by atoms with E-state index >= 15 is 0 Å². The maximum Gasteiger partial charge on any atom is 0.272 e. The second kappa shape index (κ2) is 4.72. The van der Waals surface area contributed by atoms with Gasteiger partial charge < -0.3 is 5.73 Å². The Bertz CT molecular complexity index is 219. The van der Waals surface area contributed by atoms with Gasteiger partial charge in [0, 0.05) is 6.54 Å². The summed E-state index contributed by atoms with van der Waals surface area (Å²) in [6.07, 6.45) is 7.39. The Morgan fingerprint density at radius 1 is 1.50 bits per heavy atom. The summed E-state index contributed by atoms with van der Waals surface area (Å²) in [5.41, 5.74) is 4.97. The zero-order valence-corrected chi connectivity index (χ0v) is 8.18. The van der Waals surface area contributed by atoms with Crippen LogP contribution >= 0.6 is 0 Å². The summed E-state index contributed by atoms with van der Waals surface area (Å²) in [6.45, 7) is 0.0365. The summed E-state index contributed by atoms with van der Waals surface area (Å²) in [4.78, 5) is 1.62. The molecular weight excluding hydrogens is 186 g/mol. The maximum atomic E-state index is 13.0. The molecule has 14 heavy (non-hydrogen) atoms. The van der Waals surface area contributed by atoms with Crippen molar-refractivity contribution in [2.75, 3.05) is 26.2 Å². The van der Waals surface area contributed by atoms with Crippen molar-refractivity contribution in [2.24, 2.45) is 11.7 Å². The van der Waals surface area contributed by atoms with Gasteiger partial charge in [-0.3, -0.25) is 4.90 Å². The summed E-state index contributed by atoms with van der Waals surface area (Å²) in [5, 5.41) is 0. The summed E-state index contributed by atoms with van der Waals surface area (Å²) in [7, 11) is 0. The van der Waals surface area contributed by atoms with Crippen LogP contribution in [0.5, 0.6) is 0 Å². The van der Waals surface area contributed by atoms with Crippen LogP contribution in [-0.4, -0.2) is 37.0 Å². The molecule has 1 fully saturated rings. The molecule has 1 saturated carbocycles. The Labute approximate surface area is 83.4 Å². The molecule has 0 unspecified atom stereocenters.